The van der Waals surface area contributed by atoms with Gasteiger partial charge in [-0.2, -0.15) is 0 Å². The van der Waals surface area contributed by atoms with Gasteiger partial charge in [0.1, 0.15) is 11.8 Å². The summed E-state index contributed by atoms with van der Waals surface area (Å²) in [7, 11) is 0. The van der Waals surface area contributed by atoms with Crippen LogP contribution in [-0.4, -0.2) is 35.4 Å². The molecule has 4 rings (SSSR count). The van der Waals surface area contributed by atoms with Gasteiger partial charge in [0.15, 0.2) is 6.61 Å². The Morgan fingerprint density at radius 1 is 0.946 bits per heavy atom. The lowest BCUT2D eigenvalue weighted by Crippen LogP contribution is -2.53. The summed E-state index contributed by atoms with van der Waals surface area (Å²) in [6.45, 7) is 4.24. The van der Waals surface area contributed by atoms with Crippen LogP contribution >= 0.6 is 15.9 Å². The van der Waals surface area contributed by atoms with Gasteiger partial charge < -0.3 is 15.0 Å². The molecule has 0 heterocycles. The smallest absolute Gasteiger partial charge is 0.261 e. The first-order valence-corrected chi connectivity index (χ1v) is 13.8. The molecule has 3 aromatic rings. The van der Waals surface area contributed by atoms with Crippen LogP contribution in [0.25, 0.3) is 0 Å². The number of amides is 2. The summed E-state index contributed by atoms with van der Waals surface area (Å²) >= 11 is 3.48. The number of nitrogens with zero attached hydrogens (tertiary/aromatic N) is 1. The van der Waals surface area contributed by atoms with E-state index in [9.17, 15) is 9.59 Å². The zero-order valence-electron chi connectivity index (χ0n) is 21.6. The van der Waals surface area contributed by atoms with E-state index in [0.717, 1.165) is 46.8 Å². The summed E-state index contributed by atoms with van der Waals surface area (Å²) in [4.78, 5) is 29.1. The maximum Gasteiger partial charge on any atom is 0.261 e. The number of carbonyl (C=O) groups excluding carboxylic acids is 2. The molecule has 37 heavy (non-hydrogen) atoms. The van der Waals surface area contributed by atoms with Crippen molar-refractivity contribution >= 4 is 27.7 Å². The zero-order valence-corrected chi connectivity index (χ0v) is 23.2. The number of aryl methyl sites for hydroxylation is 2. The maximum atomic E-state index is 13.7. The van der Waals surface area contributed by atoms with Gasteiger partial charge in [-0.1, -0.05) is 77.3 Å². The van der Waals surface area contributed by atoms with E-state index in [-0.39, 0.29) is 24.5 Å². The minimum atomic E-state index is -0.650. The summed E-state index contributed by atoms with van der Waals surface area (Å²) in [5.74, 6) is 0.325. The Morgan fingerprint density at radius 2 is 1.65 bits per heavy atom. The van der Waals surface area contributed by atoms with E-state index in [2.05, 4.69) is 21.2 Å². The van der Waals surface area contributed by atoms with Crippen molar-refractivity contribution in [3.63, 3.8) is 0 Å². The van der Waals surface area contributed by atoms with Crippen LogP contribution in [0.1, 0.15) is 47.9 Å². The Morgan fingerprint density at radius 3 is 2.32 bits per heavy atom. The first-order valence-electron chi connectivity index (χ1n) is 13.0. The molecule has 3 aromatic carbocycles. The van der Waals surface area contributed by atoms with Gasteiger partial charge in [0, 0.05) is 23.5 Å². The summed E-state index contributed by atoms with van der Waals surface area (Å²) < 4.78 is 6.89. The van der Waals surface area contributed by atoms with Crippen LogP contribution in [0, 0.1) is 13.8 Å². The van der Waals surface area contributed by atoms with Gasteiger partial charge in [-0.15, -0.1) is 0 Å². The van der Waals surface area contributed by atoms with Crippen LogP contribution < -0.4 is 10.1 Å². The Bertz CT molecular complexity index is 1190. The summed E-state index contributed by atoms with van der Waals surface area (Å²) in [6, 6.07) is 23.1. The third-order valence-corrected chi connectivity index (χ3v) is 7.61. The van der Waals surface area contributed by atoms with Gasteiger partial charge in [0.2, 0.25) is 5.91 Å². The van der Waals surface area contributed by atoms with Crippen LogP contribution in [0.2, 0.25) is 0 Å². The summed E-state index contributed by atoms with van der Waals surface area (Å²) in [5, 5.41) is 3.24. The zero-order chi connectivity index (χ0) is 26.2. The highest BCUT2D eigenvalue weighted by Crippen LogP contribution is 2.21. The minimum absolute atomic E-state index is 0.104. The molecule has 0 spiro atoms. The molecule has 194 valence electrons. The lowest BCUT2D eigenvalue weighted by atomic mass is 10.0. The fraction of sp³-hybridized carbons (Fsp3) is 0.355. The molecular formula is C31H35BrN2O3. The van der Waals surface area contributed by atoms with Gasteiger partial charge in [0.25, 0.3) is 5.91 Å². The lowest BCUT2D eigenvalue weighted by molar-refractivity contribution is -0.143. The second-order valence-electron chi connectivity index (χ2n) is 9.88. The van der Waals surface area contributed by atoms with Crippen LogP contribution in [0.5, 0.6) is 5.75 Å². The molecule has 6 heteroatoms. The molecule has 0 bridgehead atoms. The number of rotatable bonds is 10. The fourth-order valence-electron chi connectivity index (χ4n) is 4.74. The van der Waals surface area contributed by atoms with Crippen molar-refractivity contribution in [2.45, 2.75) is 64.6 Å². The highest BCUT2D eigenvalue weighted by Gasteiger charge is 2.32. The van der Waals surface area contributed by atoms with E-state index >= 15 is 0 Å². The monoisotopic (exact) mass is 562 g/mol. The molecule has 0 radical (unpaired) electrons. The van der Waals surface area contributed by atoms with Crippen molar-refractivity contribution in [2.24, 2.45) is 0 Å². The highest BCUT2D eigenvalue weighted by atomic mass is 79.9. The van der Waals surface area contributed by atoms with E-state index in [1.165, 1.54) is 5.56 Å². The van der Waals surface area contributed by atoms with Gasteiger partial charge in [-0.25, -0.2) is 0 Å². The number of nitrogens with one attached hydrogen (secondary N) is 1. The fourth-order valence-corrected chi connectivity index (χ4v) is 5.00. The number of carbonyl (C=O) groups is 2. The average molecular weight is 564 g/mol. The molecule has 1 fully saturated rings. The number of halogens is 1. The molecule has 1 aliphatic carbocycles. The molecule has 2 amide bonds. The lowest BCUT2D eigenvalue weighted by Gasteiger charge is -2.32. The van der Waals surface area contributed by atoms with Crippen LogP contribution in [-0.2, 0) is 22.6 Å². The van der Waals surface area contributed by atoms with Crippen molar-refractivity contribution in [1.82, 2.24) is 10.2 Å². The molecule has 5 nitrogen and oxygen atoms in total. The number of ether oxygens (including phenoxy) is 1. The van der Waals surface area contributed by atoms with Crippen LogP contribution in [0.15, 0.2) is 77.3 Å². The molecule has 0 aromatic heterocycles. The first kappa shape index (κ1) is 26.9. The van der Waals surface area contributed by atoms with Gasteiger partial charge in [-0.05, 0) is 73.2 Å². The molecule has 1 N–H and O–H groups in total. The molecule has 0 unspecified atom stereocenters. The third-order valence-electron chi connectivity index (χ3n) is 7.08. The largest absolute Gasteiger partial charge is 0.484 e. The standard InChI is InChI=1S/C31H35BrN2O3/c1-22-12-17-28(18-23(22)2)37-21-30(35)34(20-25-13-15-26(32)16-14-25)29(19-24-8-4-3-5-9-24)31(36)33-27-10-6-7-11-27/h3-5,8-9,12-18,27,29H,6-7,10-11,19-21H2,1-2H3,(H,33,36)/t29-/m0/s1. The minimum Gasteiger partial charge on any atom is -0.484 e. The quantitative estimate of drug-likeness (QED) is 0.322. The Labute approximate surface area is 228 Å². The van der Waals surface area contributed by atoms with Crippen molar-refractivity contribution in [1.29, 1.82) is 0 Å². The van der Waals surface area contributed by atoms with Gasteiger partial charge in [0.05, 0.1) is 0 Å². The molecule has 1 saturated carbocycles. The Balaban J connectivity index is 1.60. The van der Waals surface area contributed by atoms with Crippen LogP contribution in [0.4, 0.5) is 0 Å². The Kier molecular flexibility index (Phi) is 9.40. The van der Waals surface area contributed by atoms with E-state index in [4.69, 9.17) is 4.74 Å². The predicted octanol–water partition coefficient (Wildman–Crippen LogP) is 6.14. The number of benzene rings is 3. The van der Waals surface area contributed by atoms with Crippen molar-refractivity contribution in [2.75, 3.05) is 6.61 Å². The third kappa shape index (κ3) is 7.68. The van der Waals surface area contributed by atoms with E-state index in [0.29, 0.717) is 18.7 Å². The maximum absolute atomic E-state index is 13.7. The second kappa shape index (κ2) is 12.9. The number of hydrogen-bond donors (Lipinski definition) is 1. The van der Waals surface area contributed by atoms with E-state index < -0.39 is 6.04 Å². The predicted molar refractivity (Wildman–Crippen MR) is 150 cm³/mol. The molecule has 1 atom stereocenters. The molecule has 0 aliphatic heterocycles. The number of hydrogen-bond acceptors (Lipinski definition) is 3. The van der Waals surface area contributed by atoms with Crippen molar-refractivity contribution < 1.29 is 14.3 Å². The Hall–Kier alpha value is -3.12. The molecule has 0 saturated heterocycles. The van der Waals surface area contributed by atoms with E-state index in [1.54, 1.807) is 4.90 Å². The van der Waals surface area contributed by atoms with Crippen molar-refractivity contribution in [3.8, 4) is 5.75 Å². The molecule has 1 aliphatic rings. The van der Waals surface area contributed by atoms with E-state index in [1.807, 2.05) is 86.6 Å². The topological polar surface area (TPSA) is 58.6 Å². The van der Waals surface area contributed by atoms with Crippen molar-refractivity contribution in [3.05, 3.63) is 99.5 Å². The SMILES string of the molecule is Cc1ccc(OCC(=O)N(Cc2ccc(Br)cc2)[C@@H](Cc2ccccc2)C(=O)NC2CCCC2)cc1C. The normalized spacial score (nSPS) is 14.2. The van der Waals surface area contributed by atoms with Crippen LogP contribution in [0.3, 0.4) is 0 Å². The summed E-state index contributed by atoms with van der Waals surface area (Å²) in [5.41, 5.74) is 4.24. The summed E-state index contributed by atoms with van der Waals surface area (Å²) in [6.07, 6.45) is 4.66. The molecular weight excluding hydrogens is 528 g/mol. The average Bonchev–Trinajstić information content (AvgIpc) is 3.41. The second-order valence-corrected chi connectivity index (χ2v) is 10.8. The highest BCUT2D eigenvalue weighted by molar-refractivity contribution is 9.10. The van der Waals surface area contributed by atoms with Gasteiger partial charge in [-0.3, -0.25) is 9.59 Å². The van der Waals surface area contributed by atoms with Gasteiger partial charge >= 0.3 is 0 Å². The first-order chi connectivity index (χ1) is 17.9.